The van der Waals surface area contributed by atoms with Gasteiger partial charge in [0.25, 0.3) is 0 Å². The van der Waals surface area contributed by atoms with Crippen LogP contribution in [0.1, 0.15) is 31.9 Å². The highest BCUT2D eigenvalue weighted by atomic mass is 35.5. The van der Waals surface area contributed by atoms with Crippen molar-refractivity contribution >= 4 is 24.0 Å². The second kappa shape index (κ2) is 9.13. The lowest BCUT2D eigenvalue weighted by Crippen LogP contribution is -2.45. The molecule has 1 N–H and O–H groups in total. The summed E-state index contributed by atoms with van der Waals surface area (Å²) in [5, 5.41) is 3.30. The van der Waals surface area contributed by atoms with Crippen molar-refractivity contribution in [2.24, 2.45) is 5.92 Å². The zero-order chi connectivity index (χ0) is 17.0. The van der Waals surface area contributed by atoms with E-state index < -0.39 is 6.36 Å². The average molecular weight is 387 g/mol. The zero-order valence-corrected chi connectivity index (χ0v) is 15.3. The standard InChI is InChI=1S/C16H22ClF3N2O.ClH/c1-11(2)9-14(22-7-5-21-6-8-22)12-3-4-15(13(17)10-12)23-16(18,19)20;/h3-4,10-11,14,21H,5-9H2,1-2H3;1H/t14-;/m0./s1. The summed E-state index contributed by atoms with van der Waals surface area (Å²) in [5.74, 6) is 0.117. The highest BCUT2D eigenvalue weighted by Crippen LogP contribution is 2.35. The maximum absolute atomic E-state index is 12.3. The molecule has 0 spiro atoms. The van der Waals surface area contributed by atoms with Crippen molar-refractivity contribution in [2.45, 2.75) is 32.7 Å². The van der Waals surface area contributed by atoms with Gasteiger partial charge in [0.05, 0.1) is 5.02 Å². The Labute approximate surface area is 151 Å². The summed E-state index contributed by atoms with van der Waals surface area (Å²) in [6.45, 7) is 7.93. The molecular weight excluding hydrogens is 364 g/mol. The number of rotatable bonds is 5. The summed E-state index contributed by atoms with van der Waals surface area (Å²) >= 11 is 6.00. The van der Waals surface area contributed by atoms with Gasteiger partial charge in [-0.05, 0) is 30.0 Å². The van der Waals surface area contributed by atoms with Crippen molar-refractivity contribution in [3.05, 3.63) is 28.8 Å². The summed E-state index contributed by atoms with van der Waals surface area (Å²) < 4.78 is 41.0. The van der Waals surface area contributed by atoms with Gasteiger partial charge in [-0.1, -0.05) is 31.5 Å². The fourth-order valence-corrected chi connectivity index (χ4v) is 3.10. The van der Waals surface area contributed by atoms with Gasteiger partial charge in [0.1, 0.15) is 5.75 Å². The van der Waals surface area contributed by atoms with E-state index >= 15 is 0 Å². The van der Waals surface area contributed by atoms with Gasteiger partial charge in [-0.25, -0.2) is 0 Å². The molecule has 0 amide bonds. The molecule has 1 saturated heterocycles. The Hall–Kier alpha value is -0.690. The largest absolute Gasteiger partial charge is 0.573 e. The van der Waals surface area contributed by atoms with Gasteiger partial charge in [0.15, 0.2) is 0 Å². The van der Waals surface area contributed by atoms with E-state index in [2.05, 4.69) is 28.8 Å². The van der Waals surface area contributed by atoms with Crippen LogP contribution in [0.3, 0.4) is 0 Å². The number of piperazine rings is 1. The van der Waals surface area contributed by atoms with Crippen molar-refractivity contribution in [3.63, 3.8) is 0 Å². The van der Waals surface area contributed by atoms with Crippen LogP contribution >= 0.6 is 24.0 Å². The van der Waals surface area contributed by atoms with Crippen LogP contribution in [0.4, 0.5) is 13.2 Å². The van der Waals surface area contributed by atoms with Crippen molar-refractivity contribution in [1.29, 1.82) is 0 Å². The van der Waals surface area contributed by atoms with Gasteiger partial charge in [-0.2, -0.15) is 0 Å². The van der Waals surface area contributed by atoms with Crippen LogP contribution in [0.25, 0.3) is 0 Å². The Balaban J connectivity index is 0.00000288. The Kier molecular flexibility index (Phi) is 8.12. The third kappa shape index (κ3) is 6.31. The molecule has 0 saturated carbocycles. The fourth-order valence-electron chi connectivity index (χ4n) is 2.87. The van der Waals surface area contributed by atoms with E-state index in [1.54, 1.807) is 12.1 Å². The summed E-state index contributed by atoms with van der Waals surface area (Å²) in [6.07, 6.45) is -3.81. The van der Waals surface area contributed by atoms with Gasteiger partial charge in [-0.3, -0.25) is 4.90 Å². The van der Waals surface area contributed by atoms with Crippen molar-refractivity contribution in [1.82, 2.24) is 10.2 Å². The molecule has 2 rings (SSSR count). The van der Waals surface area contributed by atoms with E-state index in [0.717, 1.165) is 38.2 Å². The van der Waals surface area contributed by atoms with Crippen LogP contribution in [-0.2, 0) is 0 Å². The monoisotopic (exact) mass is 386 g/mol. The van der Waals surface area contributed by atoms with E-state index in [4.69, 9.17) is 11.6 Å². The first-order valence-corrected chi connectivity index (χ1v) is 8.14. The highest BCUT2D eigenvalue weighted by Gasteiger charge is 2.32. The molecule has 3 nitrogen and oxygen atoms in total. The third-order valence-corrected chi connectivity index (χ3v) is 4.15. The minimum atomic E-state index is -4.74. The van der Waals surface area contributed by atoms with Crippen molar-refractivity contribution in [2.75, 3.05) is 26.2 Å². The van der Waals surface area contributed by atoms with Crippen LogP contribution in [0.2, 0.25) is 5.02 Å². The topological polar surface area (TPSA) is 24.5 Å². The summed E-state index contributed by atoms with van der Waals surface area (Å²) in [5.41, 5.74) is 0.931. The first-order chi connectivity index (χ1) is 10.8. The van der Waals surface area contributed by atoms with Gasteiger partial charge in [0, 0.05) is 32.2 Å². The minimum Gasteiger partial charge on any atom is -0.404 e. The van der Waals surface area contributed by atoms with Gasteiger partial charge < -0.3 is 10.1 Å². The lowest BCUT2D eigenvalue weighted by Gasteiger charge is -2.36. The molecule has 8 heteroatoms. The second-order valence-electron chi connectivity index (χ2n) is 6.17. The summed E-state index contributed by atoms with van der Waals surface area (Å²) in [4.78, 5) is 2.35. The van der Waals surface area contributed by atoms with Gasteiger partial charge in [0.2, 0.25) is 0 Å². The van der Waals surface area contributed by atoms with Crippen molar-refractivity contribution < 1.29 is 17.9 Å². The lowest BCUT2D eigenvalue weighted by atomic mass is 9.95. The lowest BCUT2D eigenvalue weighted by molar-refractivity contribution is -0.274. The molecule has 138 valence electrons. The molecule has 0 aromatic heterocycles. The maximum Gasteiger partial charge on any atom is 0.573 e. The predicted molar refractivity (Wildman–Crippen MR) is 92.0 cm³/mol. The molecule has 1 aromatic carbocycles. The van der Waals surface area contributed by atoms with Crippen LogP contribution in [0.15, 0.2) is 18.2 Å². The number of hydrogen-bond acceptors (Lipinski definition) is 3. The summed E-state index contributed by atoms with van der Waals surface area (Å²) in [7, 11) is 0. The molecule has 1 aliphatic heterocycles. The number of halogens is 5. The Morgan fingerprint density at radius 3 is 2.38 bits per heavy atom. The molecule has 1 fully saturated rings. The molecule has 0 bridgehead atoms. The third-order valence-electron chi connectivity index (χ3n) is 3.85. The Morgan fingerprint density at radius 1 is 1.25 bits per heavy atom. The first kappa shape index (κ1) is 21.4. The highest BCUT2D eigenvalue weighted by molar-refractivity contribution is 6.32. The van der Waals surface area contributed by atoms with E-state index in [1.807, 2.05) is 0 Å². The number of hydrogen-bond donors (Lipinski definition) is 1. The number of ether oxygens (including phenoxy) is 1. The van der Waals surface area contributed by atoms with Crippen LogP contribution in [0, 0.1) is 5.92 Å². The van der Waals surface area contributed by atoms with Gasteiger partial charge >= 0.3 is 6.36 Å². The number of nitrogens with zero attached hydrogens (tertiary/aromatic N) is 1. The molecule has 0 radical (unpaired) electrons. The van der Waals surface area contributed by atoms with E-state index in [1.165, 1.54) is 6.07 Å². The normalized spacial score (nSPS) is 17.5. The van der Waals surface area contributed by atoms with Crippen LogP contribution in [0.5, 0.6) is 5.75 Å². The Bertz CT molecular complexity index is 521. The SMILES string of the molecule is CC(C)C[C@@H](c1ccc(OC(F)(F)F)c(Cl)c1)N1CCNCC1.Cl. The van der Waals surface area contributed by atoms with Gasteiger partial charge in [-0.15, -0.1) is 25.6 Å². The molecule has 1 aliphatic rings. The molecule has 1 aromatic rings. The number of benzene rings is 1. The summed E-state index contributed by atoms with van der Waals surface area (Å²) in [6, 6.07) is 4.73. The number of alkyl halides is 3. The molecule has 0 unspecified atom stereocenters. The smallest absolute Gasteiger partial charge is 0.404 e. The maximum atomic E-state index is 12.3. The minimum absolute atomic E-state index is 0. The zero-order valence-electron chi connectivity index (χ0n) is 13.7. The second-order valence-corrected chi connectivity index (χ2v) is 6.58. The quantitative estimate of drug-likeness (QED) is 0.796. The Morgan fingerprint density at radius 2 is 1.88 bits per heavy atom. The van der Waals surface area contributed by atoms with Crippen LogP contribution in [-0.4, -0.2) is 37.4 Å². The van der Waals surface area contributed by atoms with E-state index in [-0.39, 0.29) is 29.2 Å². The van der Waals surface area contributed by atoms with Crippen molar-refractivity contribution in [3.8, 4) is 5.75 Å². The van der Waals surface area contributed by atoms with E-state index in [9.17, 15) is 13.2 Å². The molecule has 1 atom stereocenters. The van der Waals surface area contributed by atoms with Crippen LogP contribution < -0.4 is 10.1 Å². The molecular formula is C16H23Cl2F3N2O. The first-order valence-electron chi connectivity index (χ1n) is 7.76. The molecule has 24 heavy (non-hydrogen) atoms. The molecule has 0 aliphatic carbocycles. The van der Waals surface area contributed by atoms with E-state index in [0.29, 0.717) is 5.92 Å². The molecule has 1 heterocycles. The number of nitrogens with one attached hydrogen (secondary N) is 1. The fraction of sp³-hybridized carbons (Fsp3) is 0.625. The average Bonchev–Trinajstić information content (AvgIpc) is 2.46. The predicted octanol–water partition coefficient (Wildman–Crippen LogP) is 4.65.